The largest absolute Gasteiger partial charge is 0.480 e. The Kier molecular flexibility index (Phi) is 11.1. The van der Waals surface area contributed by atoms with Gasteiger partial charge in [0, 0.05) is 38.9 Å². The number of rotatable bonds is 15. The van der Waals surface area contributed by atoms with Crippen LogP contribution in [0.5, 0.6) is 0 Å². The second-order valence-electron chi connectivity index (χ2n) is 10.6. The van der Waals surface area contributed by atoms with E-state index in [1.165, 1.54) is 12.1 Å². The van der Waals surface area contributed by atoms with Crippen molar-refractivity contribution in [3.8, 4) is 0 Å². The van der Waals surface area contributed by atoms with Crippen molar-refractivity contribution in [3.05, 3.63) is 65.7 Å². The molecular formula is C30H39N5O6S. The molecule has 0 unspecified atom stereocenters. The summed E-state index contributed by atoms with van der Waals surface area (Å²) in [6.07, 6.45) is 4.41. The third-order valence-corrected chi connectivity index (χ3v) is 9.36. The number of carbonyl (C=O) groups is 3. The van der Waals surface area contributed by atoms with E-state index in [0.717, 1.165) is 54.7 Å². The van der Waals surface area contributed by atoms with Crippen LogP contribution in [0.1, 0.15) is 49.7 Å². The number of hydrogen-bond acceptors (Lipinski definition) is 8. The molecule has 0 spiro atoms. The lowest BCUT2D eigenvalue weighted by atomic mass is 10.00. The first-order valence-electron chi connectivity index (χ1n) is 14.5. The number of carboxylic acid groups (broad SMARTS) is 1. The van der Waals surface area contributed by atoms with Gasteiger partial charge in [0.1, 0.15) is 17.9 Å². The van der Waals surface area contributed by atoms with Gasteiger partial charge in [-0.25, -0.2) is 13.2 Å². The van der Waals surface area contributed by atoms with Crippen LogP contribution in [-0.2, 0) is 37.2 Å². The van der Waals surface area contributed by atoms with Crippen molar-refractivity contribution in [3.63, 3.8) is 0 Å². The van der Waals surface area contributed by atoms with Crippen LogP contribution in [0.15, 0.2) is 64.5 Å². The summed E-state index contributed by atoms with van der Waals surface area (Å²) in [4.78, 5) is 41.9. The summed E-state index contributed by atoms with van der Waals surface area (Å²) >= 11 is 0. The van der Waals surface area contributed by atoms with Crippen LogP contribution < -0.4 is 16.0 Å². The zero-order chi connectivity index (χ0) is 30.0. The van der Waals surface area contributed by atoms with E-state index in [2.05, 4.69) is 20.9 Å². The molecule has 1 amide bonds. The molecule has 1 fully saturated rings. The smallest absolute Gasteiger partial charge is 0.326 e. The summed E-state index contributed by atoms with van der Waals surface area (Å²) in [6, 6.07) is 12.8. The van der Waals surface area contributed by atoms with Gasteiger partial charge < -0.3 is 21.1 Å². The van der Waals surface area contributed by atoms with Gasteiger partial charge in [0.25, 0.3) is 0 Å². The summed E-state index contributed by atoms with van der Waals surface area (Å²) in [7, 11) is -3.89. The molecule has 4 rings (SSSR count). The molecule has 2 aliphatic rings. The average Bonchev–Trinajstić information content (AvgIpc) is 3.69. The van der Waals surface area contributed by atoms with Crippen molar-refractivity contribution in [1.82, 2.24) is 20.3 Å². The number of Topliss-reactive ketones (excluding diaryl/α,β-unsaturated/α-hetero) is 1. The van der Waals surface area contributed by atoms with Crippen LogP contribution in [0.25, 0.3) is 0 Å². The lowest BCUT2D eigenvalue weighted by Gasteiger charge is -2.25. The Hall–Kier alpha value is -3.77. The number of carbonyl (C=O) groups excluding carboxylic acids is 2. The predicted molar refractivity (Wildman–Crippen MR) is 159 cm³/mol. The Morgan fingerprint density at radius 3 is 2.45 bits per heavy atom. The molecule has 42 heavy (non-hydrogen) atoms. The van der Waals surface area contributed by atoms with Gasteiger partial charge in [-0.05, 0) is 48.9 Å². The van der Waals surface area contributed by atoms with Crippen molar-refractivity contribution in [2.24, 2.45) is 4.99 Å². The average molecular weight is 598 g/mol. The summed E-state index contributed by atoms with van der Waals surface area (Å²) in [5, 5.41) is 18.7. The minimum Gasteiger partial charge on any atom is -0.480 e. The van der Waals surface area contributed by atoms with E-state index in [9.17, 15) is 27.9 Å². The Morgan fingerprint density at radius 1 is 1.02 bits per heavy atom. The number of benzene rings is 2. The number of aliphatic imine (C=N–C) groups is 1. The van der Waals surface area contributed by atoms with E-state index < -0.39 is 34.0 Å². The number of amides is 1. The van der Waals surface area contributed by atoms with Crippen molar-refractivity contribution >= 4 is 33.6 Å². The van der Waals surface area contributed by atoms with Gasteiger partial charge in [-0.3, -0.25) is 14.6 Å². The number of nitrogens with one attached hydrogen (secondary N) is 3. The third-order valence-electron chi connectivity index (χ3n) is 7.43. The van der Waals surface area contributed by atoms with Crippen LogP contribution in [0.2, 0.25) is 0 Å². The molecule has 0 radical (unpaired) electrons. The summed E-state index contributed by atoms with van der Waals surface area (Å²) < 4.78 is 27.4. The predicted octanol–water partition coefficient (Wildman–Crippen LogP) is 1.87. The number of hydrogen-bond donors (Lipinski definition) is 4. The van der Waals surface area contributed by atoms with Crippen LogP contribution in [0.3, 0.4) is 0 Å². The van der Waals surface area contributed by atoms with E-state index in [0.29, 0.717) is 31.2 Å². The highest BCUT2D eigenvalue weighted by atomic mass is 32.2. The first-order chi connectivity index (χ1) is 20.2. The van der Waals surface area contributed by atoms with Crippen LogP contribution in [0, 0.1) is 0 Å². The Morgan fingerprint density at radius 2 is 1.76 bits per heavy atom. The lowest BCUT2D eigenvalue weighted by molar-refractivity contribution is -0.142. The minimum absolute atomic E-state index is 0.0312. The Labute approximate surface area is 246 Å². The van der Waals surface area contributed by atoms with Gasteiger partial charge in [-0.2, -0.15) is 4.31 Å². The molecule has 2 aromatic carbocycles. The van der Waals surface area contributed by atoms with Crippen molar-refractivity contribution in [1.29, 1.82) is 0 Å². The fraction of sp³-hybridized carbons (Fsp3) is 0.467. The van der Waals surface area contributed by atoms with E-state index in [-0.39, 0.29) is 23.6 Å². The molecule has 0 bridgehead atoms. The highest BCUT2D eigenvalue weighted by molar-refractivity contribution is 7.89. The van der Waals surface area contributed by atoms with Gasteiger partial charge in [-0.1, -0.05) is 48.9 Å². The molecule has 2 heterocycles. The molecule has 2 aliphatic heterocycles. The zero-order valence-corrected chi connectivity index (χ0v) is 24.4. The molecule has 4 N–H and O–H groups in total. The third kappa shape index (κ3) is 8.62. The van der Waals surface area contributed by atoms with Gasteiger partial charge in [-0.15, -0.1) is 0 Å². The van der Waals surface area contributed by atoms with Crippen LogP contribution in [0.4, 0.5) is 0 Å². The number of ketones is 1. The van der Waals surface area contributed by atoms with E-state index in [4.69, 9.17) is 0 Å². The summed E-state index contributed by atoms with van der Waals surface area (Å²) in [5.41, 5.74) is 1.53. The van der Waals surface area contributed by atoms with E-state index in [1.807, 2.05) is 0 Å². The normalized spacial score (nSPS) is 17.7. The van der Waals surface area contributed by atoms with E-state index in [1.54, 1.807) is 42.5 Å². The highest BCUT2D eigenvalue weighted by Crippen LogP contribution is 2.26. The SMILES string of the molecule is O=C(CCCCCNC1=NCCN1)Cc1ccc(C[C@H](NC(=O)[C@@H]2CCCN2S(=O)(=O)c2ccccc2)C(=O)O)cc1. The number of carboxylic acids is 1. The molecule has 0 saturated carbocycles. The number of nitrogens with zero attached hydrogens (tertiary/aromatic N) is 2. The number of guanidine groups is 1. The monoisotopic (exact) mass is 597 g/mol. The zero-order valence-electron chi connectivity index (χ0n) is 23.6. The first kappa shape index (κ1) is 31.2. The molecular weight excluding hydrogens is 558 g/mol. The second-order valence-corrected chi connectivity index (χ2v) is 12.5. The maximum absolute atomic E-state index is 13.1. The quantitative estimate of drug-likeness (QED) is 0.227. The minimum atomic E-state index is -3.89. The number of aliphatic carboxylic acids is 1. The van der Waals surface area contributed by atoms with Crippen LogP contribution in [-0.4, -0.2) is 79.7 Å². The van der Waals surface area contributed by atoms with E-state index >= 15 is 0 Å². The molecule has 12 heteroatoms. The second kappa shape index (κ2) is 14.9. The van der Waals surface area contributed by atoms with Crippen molar-refractivity contribution in [2.45, 2.75) is 68.3 Å². The Bertz CT molecular complexity index is 1360. The molecule has 1 saturated heterocycles. The van der Waals surface area contributed by atoms with Crippen molar-refractivity contribution < 1.29 is 27.9 Å². The fourth-order valence-corrected chi connectivity index (χ4v) is 6.86. The lowest BCUT2D eigenvalue weighted by Crippen LogP contribution is -2.51. The van der Waals surface area contributed by atoms with Gasteiger partial charge in [0.2, 0.25) is 15.9 Å². The maximum Gasteiger partial charge on any atom is 0.326 e. The molecule has 226 valence electrons. The summed E-state index contributed by atoms with van der Waals surface area (Å²) in [6.45, 7) is 2.69. The Balaban J connectivity index is 1.24. The standard InChI is InChI=1S/C30H39N5O6S/c36-24(8-3-2-6-16-31-30-32-17-18-33-30)20-22-12-14-23(15-13-22)21-26(29(38)39)34-28(37)27-11-7-19-35(27)42(40,41)25-9-4-1-5-10-25/h1,4-5,9-10,12-15,26-27H,2-3,6-8,11,16-21H2,(H,34,37)(H,38,39)(H2,31,32,33)/t26-,27-/m0/s1. The summed E-state index contributed by atoms with van der Waals surface area (Å²) in [5.74, 6) is -0.830. The number of sulfonamides is 1. The fourth-order valence-electron chi connectivity index (χ4n) is 5.18. The molecule has 0 aliphatic carbocycles. The molecule has 2 atom stereocenters. The van der Waals surface area contributed by atoms with Crippen LogP contribution >= 0.6 is 0 Å². The molecule has 11 nitrogen and oxygen atoms in total. The maximum atomic E-state index is 13.1. The molecule has 0 aromatic heterocycles. The number of unbranched alkanes of at least 4 members (excludes halogenated alkanes) is 2. The first-order valence-corrected chi connectivity index (χ1v) is 15.9. The topological polar surface area (TPSA) is 157 Å². The van der Waals surface area contributed by atoms with Crippen molar-refractivity contribution in [2.75, 3.05) is 26.2 Å². The molecule has 2 aromatic rings. The van der Waals surface area contributed by atoms with Gasteiger partial charge in [0.15, 0.2) is 5.96 Å². The van der Waals surface area contributed by atoms with Gasteiger partial charge in [0.05, 0.1) is 11.4 Å². The van der Waals surface area contributed by atoms with Gasteiger partial charge >= 0.3 is 5.97 Å². The highest BCUT2D eigenvalue weighted by Gasteiger charge is 2.40.